The molecule has 0 radical (unpaired) electrons. The van der Waals surface area contributed by atoms with E-state index in [1.165, 1.54) is 29.5 Å². The second kappa shape index (κ2) is 11.7. The molecule has 176 valence electrons. The van der Waals surface area contributed by atoms with E-state index in [-0.39, 0.29) is 23.9 Å². The van der Waals surface area contributed by atoms with E-state index in [0.29, 0.717) is 33.3 Å². The number of nitrogens with one attached hydrogen (secondary N) is 1. The molecule has 0 bridgehead atoms. The van der Waals surface area contributed by atoms with E-state index in [1.807, 2.05) is 26.8 Å². The van der Waals surface area contributed by atoms with Crippen molar-refractivity contribution in [2.75, 3.05) is 11.9 Å². The minimum Gasteiger partial charge on any atom is -0.490 e. The molecule has 1 heterocycles. The lowest BCUT2D eigenvalue weighted by molar-refractivity contribution is -0.112. The predicted octanol–water partition coefficient (Wildman–Crippen LogP) is 6.09. The highest BCUT2D eigenvalue weighted by molar-refractivity contribution is 9.10. The number of nitriles is 1. The Bertz CT molecular complexity index is 1240. The predicted molar refractivity (Wildman–Crippen MR) is 132 cm³/mol. The van der Waals surface area contributed by atoms with Gasteiger partial charge < -0.3 is 9.47 Å². The van der Waals surface area contributed by atoms with Crippen LogP contribution in [-0.2, 0) is 11.4 Å². The van der Waals surface area contributed by atoms with Crippen molar-refractivity contribution in [1.29, 1.82) is 5.26 Å². The summed E-state index contributed by atoms with van der Waals surface area (Å²) in [6, 6.07) is 11.3. The summed E-state index contributed by atoms with van der Waals surface area (Å²) < 4.78 is 25.3. The van der Waals surface area contributed by atoms with E-state index in [0.717, 1.165) is 10.6 Å². The van der Waals surface area contributed by atoms with Gasteiger partial charge in [0.15, 0.2) is 11.5 Å². The van der Waals surface area contributed by atoms with Gasteiger partial charge in [0.05, 0.1) is 11.1 Å². The van der Waals surface area contributed by atoms with E-state index >= 15 is 0 Å². The van der Waals surface area contributed by atoms with Gasteiger partial charge in [-0.1, -0.05) is 37.3 Å². The van der Waals surface area contributed by atoms with Crippen LogP contribution in [0.2, 0.25) is 0 Å². The molecule has 3 rings (SSSR count). The monoisotopic (exact) mass is 544 g/mol. The van der Waals surface area contributed by atoms with E-state index in [4.69, 9.17) is 9.47 Å². The number of carbonyl (C=O) groups is 1. The molecular formula is C24H22BrFN4O3S. The smallest absolute Gasteiger partial charge is 0.268 e. The van der Waals surface area contributed by atoms with Crippen LogP contribution in [0.1, 0.15) is 42.8 Å². The van der Waals surface area contributed by atoms with E-state index in [2.05, 4.69) is 31.4 Å². The number of benzene rings is 2. The third-order valence-corrected chi connectivity index (χ3v) is 6.19. The molecular weight excluding hydrogens is 523 g/mol. The molecule has 34 heavy (non-hydrogen) atoms. The molecule has 0 aliphatic carbocycles. The number of amides is 1. The summed E-state index contributed by atoms with van der Waals surface area (Å²) in [4.78, 5) is 12.6. The number of hydrogen-bond donors (Lipinski definition) is 1. The van der Waals surface area contributed by atoms with Crippen molar-refractivity contribution in [1.82, 2.24) is 10.2 Å². The fourth-order valence-electron chi connectivity index (χ4n) is 2.81. The Kier molecular flexibility index (Phi) is 8.73. The molecule has 1 amide bonds. The van der Waals surface area contributed by atoms with Crippen LogP contribution in [0.5, 0.6) is 11.5 Å². The van der Waals surface area contributed by atoms with Gasteiger partial charge in [0.1, 0.15) is 29.1 Å². The first-order chi connectivity index (χ1) is 16.3. The number of halogens is 2. The summed E-state index contributed by atoms with van der Waals surface area (Å²) >= 11 is 4.74. The normalized spacial score (nSPS) is 11.3. The van der Waals surface area contributed by atoms with Crippen LogP contribution in [0.15, 0.2) is 46.4 Å². The van der Waals surface area contributed by atoms with Crippen LogP contribution >= 0.6 is 27.3 Å². The maximum Gasteiger partial charge on any atom is 0.268 e. The van der Waals surface area contributed by atoms with Gasteiger partial charge in [-0.05, 0) is 64.3 Å². The Morgan fingerprint density at radius 1 is 1.26 bits per heavy atom. The summed E-state index contributed by atoms with van der Waals surface area (Å²) in [5.41, 5.74) is 1.26. The van der Waals surface area contributed by atoms with Crippen molar-refractivity contribution >= 4 is 44.4 Å². The topological polar surface area (TPSA) is 97.1 Å². The van der Waals surface area contributed by atoms with Crippen LogP contribution in [0.25, 0.3) is 6.08 Å². The van der Waals surface area contributed by atoms with Gasteiger partial charge in [-0.2, -0.15) is 5.26 Å². The highest BCUT2D eigenvalue weighted by Crippen LogP contribution is 2.38. The fourth-order valence-corrected chi connectivity index (χ4v) is 4.12. The Labute approximate surface area is 209 Å². The Morgan fingerprint density at radius 3 is 2.62 bits per heavy atom. The molecule has 7 nitrogen and oxygen atoms in total. The van der Waals surface area contributed by atoms with Crippen molar-refractivity contribution in [3.8, 4) is 17.6 Å². The van der Waals surface area contributed by atoms with Crippen LogP contribution < -0.4 is 14.8 Å². The molecule has 0 aliphatic rings. The van der Waals surface area contributed by atoms with Gasteiger partial charge in [0.25, 0.3) is 5.91 Å². The molecule has 3 aromatic rings. The Hall–Kier alpha value is -3.29. The number of rotatable bonds is 9. The number of anilines is 1. The maximum atomic E-state index is 13.1. The standard InChI is InChI=1S/C24H22BrFN4O3S/c1-4-32-20-11-16(10-19(25)21(20)33-13-15-5-7-18(26)8-6-15)9-17(12-27)22(31)28-24-30-29-23(34-24)14(2)3/h5-11,14H,4,13H2,1-3H3,(H,28,30,31)/b17-9-. The van der Waals surface area contributed by atoms with Gasteiger partial charge >= 0.3 is 0 Å². The number of ether oxygens (including phenoxy) is 2. The SMILES string of the molecule is CCOc1cc(/C=C(/C#N)C(=O)Nc2nnc(C(C)C)s2)cc(Br)c1OCc1ccc(F)cc1. The lowest BCUT2D eigenvalue weighted by atomic mass is 10.1. The number of hydrogen-bond acceptors (Lipinski definition) is 7. The number of carbonyl (C=O) groups excluding carboxylic acids is 1. The van der Waals surface area contributed by atoms with Crippen LogP contribution in [0, 0.1) is 17.1 Å². The Morgan fingerprint density at radius 2 is 2.00 bits per heavy atom. The van der Waals surface area contributed by atoms with Crippen LogP contribution in [0.4, 0.5) is 9.52 Å². The first-order valence-electron chi connectivity index (χ1n) is 10.4. The van der Waals surface area contributed by atoms with E-state index in [1.54, 1.807) is 24.3 Å². The zero-order valence-electron chi connectivity index (χ0n) is 18.8. The zero-order chi connectivity index (χ0) is 24.7. The van der Waals surface area contributed by atoms with Crippen molar-refractivity contribution in [3.63, 3.8) is 0 Å². The molecule has 0 aliphatic heterocycles. The summed E-state index contributed by atoms with van der Waals surface area (Å²) in [6.07, 6.45) is 1.46. The average Bonchev–Trinajstić information content (AvgIpc) is 3.27. The van der Waals surface area contributed by atoms with Gasteiger partial charge in [-0.25, -0.2) is 4.39 Å². The number of nitrogens with zero attached hydrogens (tertiary/aromatic N) is 3. The first kappa shape index (κ1) is 25.3. The molecule has 1 N–H and O–H groups in total. The van der Waals surface area contributed by atoms with Crippen molar-refractivity contribution in [2.24, 2.45) is 0 Å². The summed E-state index contributed by atoms with van der Waals surface area (Å²) in [7, 11) is 0. The molecule has 0 saturated carbocycles. The van der Waals surface area contributed by atoms with Crippen LogP contribution in [0.3, 0.4) is 0 Å². The lowest BCUT2D eigenvalue weighted by Crippen LogP contribution is -2.13. The minimum absolute atomic E-state index is 0.101. The zero-order valence-corrected chi connectivity index (χ0v) is 21.2. The molecule has 0 saturated heterocycles. The second-order valence-electron chi connectivity index (χ2n) is 7.40. The minimum atomic E-state index is -0.584. The van der Waals surface area contributed by atoms with Gasteiger partial charge in [0.2, 0.25) is 5.13 Å². The van der Waals surface area contributed by atoms with Crippen LogP contribution in [-0.4, -0.2) is 22.7 Å². The highest BCUT2D eigenvalue weighted by Gasteiger charge is 2.16. The van der Waals surface area contributed by atoms with Gasteiger partial charge in [-0.3, -0.25) is 10.1 Å². The average molecular weight is 545 g/mol. The molecule has 0 fully saturated rings. The summed E-state index contributed by atoms with van der Waals surface area (Å²) in [5, 5.41) is 21.3. The van der Waals surface area contributed by atoms with Gasteiger partial charge in [-0.15, -0.1) is 10.2 Å². The molecule has 2 aromatic carbocycles. The quantitative estimate of drug-likeness (QED) is 0.258. The molecule has 0 unspecified atom stereocenters. The first-order valence-corrected chi connectivity index (χ1v) is 12.0. The number of aromatic nitrogens is 2. The van der Waals surface area contributed by atoms with Crippen molar-refractivity contribution < 1.29 is 18.7 Å². The van der Waals surface area contributed by atoms with Crippen molar-refractivity contribution in [3.05, 3.63) is 68.4 Å². The lowest BCUT2D eigenvalue weighted by Gasteiger charge is -2.15. The molecule has 0 spiro atoms. The Balaban J connectivity index is 1.82. The van der Waals surface area contributed by atoms with Gasteiger partial charge in [0, 0.05) is 5.92 Å². The molecule has 0 atom stereocenters. The third-order valence-electron chi connectivity index (χ3n) is 4.46. The largest absolute Gasteiger partial charge is 0.490 e. The summed E-state index contributed by atoms with van der Waals surface area (Å²) in [5.74, 6) is 0.182. The molecule has 1 aromatic heterocycles. The maximum absolute atomic E-state index is 13.1. The van der Waals surface area contributed by atoms with E-state index < -0.39 is 5.91 Å². The third kappa shape index (κ3) is 6.62. The fraction of sp³-hybridized carbons (Fsp3) is 0.250. The van der Waals surface area contributed by atoms with E-state index in [9.17, 15) is 14.4 Å². The highest BCUT2D eigenvalue weighted by atomic mass is 79.9. The second-order valence-corrected chi connectivity index (χ2v) is 9.27. The molecule has 10 heteroatoms. The van der Waals surface area contributed by atoms with Crippen molar-refractivity contribution in [2.45, 2.75) is 33.3 Å². The summed E-state index contributed by atoms with van der Waals surface area (Å²) in [6.45, 7) is 6.39.